The summed E-state index contributed by atoms with van der Waals surface area (Å²) in [5, 5.41) is 11.1. The minimum Gasteiger partial charge on any atom is -0.389 e. The average Bonchev–Trinajstić information content (AvgIpc) is 2.28. The quantitative estimate of drug-likeness (QED) is 0.776. The highest BCUT2D eigenvalue weighted by molar-refractivity contribution is 5.04. The molecule has 1 heterocycles. The second kappa shape index (κ2) is 4.87. The molecule has 0 aromatic carbocycles. The fourth-order valence-electron chi connectivity index (χ4n) is 4.09. The van der Waals surface area contributed by atoms with E-state index in [4.69, 9.17) is 10.5 Å². The Bertz CT molecular complexity index is 251. The first kappa shape index (κ1) is 13.3. The van der Waals surface area contributed by atoms with Crippen molar-refractivity contribution in [3.63, 3.8) is 0 Å². The second-order valence-corrected chi connectivity index (χ2v) is 6.53. The van der Waals surface area contributed by atoms with Crippen LogP contribution in [0.4, 0.5) is 0 Å². The van der Waals surface area contributed by atoms with Crippen LogP contribution in [0.25, 0.3) is 0 Å². The molecule has 3 unspecified atom stereocenters. The number of hydrogen-bond acceptors (Lipinski definition) is 3. The van der Waals surface area contributed by atoms with Gasteiger partial charge in [0.05, 0.1) is 12.2 Å². The third-order valence-corrected chi connectivity index (χ3v) is 4.88. The van der Waals surface area contributed by atoms with Gasteiger partial charge in [-0.2, -0.15) is 0 Å². The summed E-state index contributed by atoms with van der Waals surface area (Å²) in [7, 11) is 0. The fourth-order valence-corrected chi connectivity index (χ4v) is 4.09. The van der Waals surface area contributed by atoms with Crippen LogP contribution >= 0.6 is 0 Å². The molecule has 0 bridgehead atoms. The monoisotopic (exact) mass is 241 g/mol. The van der Waals surface area contributed by atoms with Crippen LogP contribution in [0, 0.1) is 17.3 Å². The van der Waals surface area contributed by atoms with Crippen molar-refractivity contribution in [3.05, 3.63) is 0 Å². The first-order chi connectivity index (χ1) is 8.01. The van der Waals surface area contributed by atoms with Gasteiger partial charge >= 0.3 is 0 Å². The van der Waals surface area contributed by atoms with Crippen molar-refractivity contribution in [1.82, 2.24) is 0 Å². The third kappa shape index (κ3) is 2.38. The molecule has 0 aromatic rings. The summed E-state index contributed by atoms with van der Waals surface area (Å²) in [5.74, 6) is 1.18. The van der Waals surface area contributed by atoms with Gasteiger partial charge in [0.1, 0.15) is 0 Å². The van der Waals surface area contributed by atoms with E-state index in [1.165, 1.54) is 6.42 Å². The van der Waals surface area contributed by atoms with Gasteiger partial charge < -0.3 is 15.6 Å². The van der Waals surface area contributed by atoms with E-state index in [0.29, 0.717) is 25.0 Å². The van der Waals surface area contributed by atoms with Crippen LogP contribution in [0.1, 0.15) is 46.0 Å². The van der Waals surface area contributed by atoms with E-state index in [-0.39, 0.29) is 5.41 Å². The lowest BCUT2D eigenvalue weighted by Crippen LogP contribution is -2.59. The normalized spacial score (nSPS) is 48.0. The molecule has 0 spiro atoms. The zero-order valence-electron chi connectivity index (χ0n) is 11.2. The van der Waals surface area contributed by atoms with Gasteiger partial charge in [0.2, 0.25) is 0 Å². The summed E-state index contributed by atoms with van der Waals surface area (Å²) in [5.41, 5.74) is 5.19. The number of ether oxygens (including phenoxy) is 1. The summed E-state index contributed by atoms with van der Waals surface area (Å²) < 4.78 is 5.63. The highest BCUT2D eigenvalue weighted by Crippen LogP contribution is 2.49. The molecule has 1 aliphatic carbocycles. The molecule has 1 saturated carbocycles. The summed E-state index contributed by atoms with van der Waals surface area (Å²) >= 11 is 0. The van der Waals surface area contributed by atoms with Crippen molar-refractivity contribution < 1.29 is 9.84 Å². The Morgan fingerprint density at radius 3 is 2.41 bits per heavy atom. The highest BCUT2D eigenvalue weighted by atomic mass is 16.5. The lowest BCUT2D eigenvalue weighted by atomic mass is 9.59. The van der Waals surface area contributed by atoms with Crippen LogP contribution in [-0.4, -0.2) is 30.5 Å². The van der Waals surface area contributed by atoms with Crippen LogP contribution in [0.2, 0.25) is 0 Å². The average molecular weight is 241 g/mol. The van der Waals surface area contributed by atoms with Gasteiger partial charge in [-0.3, -0.25) is 0 Å². The molecule has 0 amide bonds. The SMILES string of the molecule is CC1CC(C)CC(O)(C2(CN)CCCOC2)C1. The molecule has 0 aromatic heterocycles. The van der Waals surface area contributed by atoms with E-state index in [2.05, 4.69) is 13.8 Å². The van der Waals surface area contributed by atoms with Gasteiger partial charge in [-0.05, 0) is 43.9 Å². The van der Waals surface area contributed by atoms with Gasteiger partial charge in [-0.1, -0.05) is 13.8 Å². The fraction of sp³-hybridized carbons (Fsp3) is 1.00. The van der Waals surface area contributed by atoms with Crippen molar-refractivity contribution >= 4 is 0 Å². The molecule has 3 N–H and O–H groups in total. The molecule has 3 nitrogen and oxygen atoms in total. The van der Waals surface area contributed by atoms with E-state index in [9.17, 15) is 5.11 Å². The molecule has 17 heavy (non-hydrogen) atoms. The first-order valence-electron chi connectivity index (χ1n) is 7.01. The minimum absolute atomic E-state index is 0.200. The molecule has 2 aliphatic rings. The molecule has 0 radical (unpaired) electrons. The van der Waals surface area contributed by atoms with Crippen molar-refractivity contribution in [1.29, 1.82) is 0 Å². The standard InChI is InChI=1S/C14H27NO2/c1-11-6-12(2)8-14(16,7-11)13(9-15)4-3-5-17-10-13/h11-12,16H,3-10,15H2,1-2H3. The van der Waals surface area contributed by atoms with Crippen molar-refractivity contribution in [2.75, 3.05) is 19.8 Å². The smallest absolute Gasteiger partial charge is 0.0743 e. The van der Waals surface area contributed by atoms with Crippen LogP contribution < -0.4 is 5.73 Å². The third-order valence-electron chi connectivity index (χ3n) is 4.88. The maximum atomic E-state index is 11.1. The van der Waals surface area contributed by atoms with Crippen LogP contribution in [0.5, 0.6) is 0 Å². The molecule has 3 atom stereocenters. The summed E-state index contributed by atoms with van der Waals surface area (Å²) in [6.07, 6.45) is 5.04. The van der Waals surface area contributed by atoms with Gasteiger partial charge in [0.25, 0.3) is 0 Å². The maximum absolute atomic E-state index is 11.1. The van der Waals surface area contributed by atoms with Crippen molar-refractivity contribution in [2.24, 2.45) is 23.0 Å². The van der Waals surface area contributed by atoms with Crippen molar-refractivity contribution in [3.8, 4) is 0 Å². The lowest BCUT2D eigenvalue weighted by molar-refractivity contribution is -0.173. The lowest BCUT2D eigenvalue weighted by Gasteiger charge is -2.53. The number of aliphatic hydroxyl groups is 1. The molecule has 2 rings (SSSR count). The van der Waals surface area contributed by atoms with Crippen LogP contribution in [0.3, 0.4) is 0 Å². The molecular formula is C14H27NO2. The van der Waals surface area contributed by atoms with E-state index < -0.39 is 5.60 Å². The Morgan fingerprint density at radius 2 is 1.94 bits per heavy atom. The first-order valence-corrected chi connectivity index (χ1v) is 7.01. The molecule has 1 aliphatic heterocycles. The Balaban J connectivity index is 2.21. The Morgan fingerprint density at radius 1 is 1.29 bits per heavy atom. The van der Waals surface area contributed by atoms with Gasteiger partial charge in [0, 0.05) is 18.6 Å². The largest absolute Gasteiger partial charge is 0.389 e. The summed E-state index contributed by atoms with van der Waals surface area (Å²) in [6, 6.07) is 0. The number of hydrogen-bond donors (Lipinski definition) is 2. The summed E-state index contributed by atoms with van der Waals surface area (Å²) in [6.45, 7) is 6.49. The predicted molar refractivity (Wildman–Crippen MR) is 68.7 cm³/mol. The highest BCUT2D eigenvalue weighted by Gasteiger charge is 2.52. The van der Waals surface area contributed by atoms with Crippen molar-refractivity contribution in [2.45, 2.75) is 51.6 Å². The molecule has 1 saturated heterocycles. The van der Waals surface area contributed by atoms with Crippen LogP contribution in [-0.2, 0) is 4.74 Å². The van der Waals surface area contributed by atoms with E-state index in [1.54, 1.807) is 0 Å². The van der Waals surface area contributed by atoms with Gasteiger partial charge in [-0.15, -0.1) is 0 Å². The number of nitrogens with two attached hydrogens (primary N) is 1. The minimum atomic E-state index is -0.612. The van der Waals surface area contributed by atoms with Gasteiger partial charge in [0.15, 0.2) is 0 Å². The number of rotatable bonds is 2. The Kier molecular flexibility index (Phi) is 3.81. The second-order valence-electron chi connectivity index (χ2n) is 6.53. The van der Waals surface area contributed by atoms with E-state index >= 15 is 0 Å². The van der Waals surface area contributed by atoms with Crippen LogP contribution in [0.15, 0.2) is 0 Å². The zero-order valence-corrected chi connectivity index (χ0v) is 11.2. The van der Waals surface area contributed by atoms with E-state index in [1.807, 2.05) is 0 Å². The molecule has 100 valence electrons. The Labute approximate surface area is 105 Å². The topological polar surface area (TPSA) is 55.5 Å². The summed E-state index contributed by atoms with van der Waals surface area (Å²) in [4.78, 5) is 0. The molecule has 3 heteroatoms. The zero-order chi connectivity index (χ0) is 12.5. The maximum Gasteiger partial charge on any atom is 0.0743 e. The molecular weight excluding hydrogens is 214 g/mol. The Hall–Kier alpha value is -0.120. The predicted octanol–water partition coefficient (Wildman–Crippen LogP) is 1.93. The van der Waals surface area contributed by atoms with Gasteiger partial charge in [-0.25, -0.2) is 0 Å². The molecule has 2 fully saturated rings. The van der Waals surface area contributed by atoms with E-state index in [0.717, 1.165) is 32.3 Å².